The molecule has 2 aromatic carbocycles. The highest BCUT2D eigenvalue weighted by atomic mass is 127. The summed E-state index contributed by atoms with van der Waals surface area (Å²) in [4.78, 5) is 0. The molecule has 0 aliphatic heterocycles. The molecule has 23 heavy (non-hydrogen) atoms. The lowest BCUT2D eigenvalue weighted by molar-refractivity contribution is 0.398. The molecule has 0 fully saturated rings. The highest BCUT2D eigenvalue weighted by Crippen LogP contribution is 2.30. The zero-order chi connectivity index (χ0) is 16.9. The van der Waals surface area contributed by atoms with E-state index in [1.54, 1.807) is 14.2 Å². The molecule has 0 saturated carbocycles. The molecule has 0 amide bonds. The van der Waals surface area contributed by atoms with Gasteiger partial charge in [-0.2, -0.15) is 0 Å². The summed E-state index contributed by atoms with van der Waals surface area (Å²) in [6, 6.07) is 6.97. The van der Waals surface area contributed by atoms with Crippen LogP contribution in [-0.4, -0.2) is 24.4 Å². The van der Waals surface area contributed by atoms with Crippen molar-refractivity contribution in [3.63, 3.8) is 0 Å². The fourth-order valence-corrected chi connectivity index (χ4v) is 3.57. The quantitative estimate of drug-likeness (QED) is 0.298. The van der Waals surface area contributed by atoms with E-state index in [2.05, 4.69) is 45.2 Å². The lowest BCUT2D eigenvalue weighted by Gasteiger charge is -2.07. The van der Waals surface area contributed by atoms with E-state index in [4.69, 9.17) is 19.7 Å². The molecule has 2 rings (SSSR count). The molecule has 0 aliphatic rings. The van der Waals surface area contributed by atoms with Crippen LogP contribution in [0.15, 0.2) is 24.3 Å². The van der Waals surface area contributed by atoms with Gasteiger partial charge in [-0.3, -0.25) is 0 Å². The van der Waals surface area contributed by atoms with Gasteiger partial charge in [-0.1, -0.05) is 7.43 Å². The van der Waals surface area contributed by atoms with Gasteiger partial charge in [0.2, 0.25) is 0 Å². The summed E-state index contributed by atoms with van der Waals surface area (Å²) in [6.07, 6.45) is 0. The van der Waals surface area contributed by atoms with E-state index in [1.165, 1.54) is 12.1 Å². The second kappa shape index (κ2) is 11.2. The van der Waals surface area contributed by atoms with Gasteiger partial charge in [0.05, 0.1) is 28.5 Å². The van der Waals surface area contributed by atoms with Crippen LogP contribution in [0, 0.1) is 14.3 Å². The maximum absolute atomic E-state index is 9.10. The van der Waals surface area contributed by atoms with Crippen LogP contribution in [-0.2, 0) is 0 Å². The maximum Gasteiger partial charge on any atom is 0.133 e. The minimum atomic E-state index is 0. The first kappa shape index (κ1) is 23.6. The predicted octanol–water partition coefficient (Wildman–Crippen LogP) is 5.86. The lowest BCUT2D eigenvalue weighted by atomic mass is 10.3. The van der Waals surface area contributed by atoms with Crippen molar-refractivity contribution in [3.8, 4) is 23.0 Å². The molecule has 0 aromatic heterocycles. The number of methoxy groups -OCH3 is 2. The van der Waals surface area contributed by atoms with Crippen LogP contribution in [0.2, 0.25) is 0 Å². The van der Waals surface area contributed by atoms with Crippen molar-refractivity contribution in [1.82, 2.24) is 0 Å². The first-order valence-corrected chi connectivity index (χ1v) is 10.1. The summed E-state index contributed by atoms with van der Waals surface area (Å²) >= 11 is 8.34. The van der Waals surface area contributed by atoms with Gasteiger partial charge in [-0.05, 0) is 115 Å². The molecule has 0 heterocycles. The van der Waals surface area contributed by atoms with Crippen molar-refractivity contribution in [2.24, 2.45) is 0 Å². The van der Waals surface area contributed by atoms with Gasteiger partial charge < -0.3 is 19.7 Å². The van der Waals surface area contributed by atoms with Gasteiger partial charge in [0, 0.05) is 0 Å². The Morgan fingerprint density at radius 2 is 0.957 bits per heavy atom. The number of benzene rings is 2. The first-order valence-electron chi connectivity index (χ1n) is 5.74. The van der Waals surface area contributed by atoms with Crippen molar-refractivity contribution < 1.29 is 19.7 Å². The van der Waals surface area contributed by atoms with E-state index >= 15 is 0 Å². The fraction of sp³-hybridized carbons (Fsp3) is 0.200. The fourth-order valence-electron chi connectivity index (χ4n) is 1.35. The molecule has 0 unspecified atom stereocenters. The molecule has 0 aliphatic carbocycles. The Morgan fingerprint density at radius 3 is 1.22 bits per heavy atom. The molecule has 2 N–H and O–H groups in total. The molecule has 0 saturated heterocycles. The Hall–Kier alpha value is 0.560. The second-order valence-electron chi connectivity index (χ2n) is 3.88. The van der Waals surface area contributed by atoms with E-state index in [-0.39, 0.29) is 18.9 Å². The Balaban J connectivity index is 0.000000409. The third-order valence-corrected chi connectivity index (χ3v) is 5.86. The Morgan fingerprint density at radius 1 is 0.652 bits per heavy atom. The molecule has 0 radical (unpaired) electrons. The summed E-state index contributed by atoms with van der Waals surface area (Å²) in [5, 5.41) is 18.2. The molecule has 4 nitrogen and oxygen atoms in total. The smallest absolute Gasteiger partial charge is 0.133 e. The number of hydrogen-bond acceptors (Lipinski definition) is 4. The number of phenolic OH excluding ortho intramolecular Hbond substituents is 2. The van der Waals surface area contributed by atoms with Gasteiger partial charge in [0.15, 0.2) is 0 Å². The van der Waals surface area contributed by atoms with E-state index in [1.807, 2.05) is 57.3 Å². The SMILES string of the molecule is C.COc1cc(I)c(OC)cc1I.Oc1cc(I)c(O)cc1I. The molecular formula is C15H16I4O4. The van der Waals surface area contributed by atoms with Gasteiger partial charge in [0.1, 0.15) is 23.0 Å². The van der Waals surface area contributed by atoms with Crippen LogP contribution in [0.4, 0.5) is 0 Å². The van der Waals surface area contributed by atoms with Crippen molar-refractivity contribution >= 4 is 90.4 Å². The summed E-state index contributed by atoms with van der Waals surface area (Å²) in [7, 11) is 3.33. The van der Waals surface area contributed by atoms with E-state index in [0.29, 0.717) is 7.14 Å². The van der Waals surface area contributed by atoms with Crippen LogP contribution in [0.5, 0.6) is 23.0 Å². The Bertz CT molecular complexity index is 582. The molecular weight excluding hydrogens is 752 g/mol. The van der Waals surface area contributed by atoms with Crippen LogP contribution < -0.4 is 9.47 Å². The van der Waals surface area contributed by atoms with Crippen molar-refractivity contribution in [2.45, 2.75) is 7.43 Å². The number of hydrogen-bond donors (Lipinski definition) is 2. The zero-order valence-electron chi connectivity index (χ0n) is 11.5. The summed E-state index contributed by atoms with van der Waals surface area (Å²) in [6.45, 7) is 0. The average molecular weight is 768 g/mol. The minimum Gasteiger partial charge on any atom is -0.507 e. The summed E-state index contributed by atoms with van der Waals surface area (Å²) in [5.41, 5.74) is 0. The number of ether oxygens (including phenoxy) is 2. The van der Waals surface area contributed by atoms with E-state index < -0.39 is 0 Å². The largest absolute Gasteiger partial charge is 0.507 e. The van der Waals surface area contributed by atoms with Crippen LogP contribution in [0.3, 0.4) is 0 Å². The van der Waals surface area contributed by atoms with Crippen LogP contribution in [0.25, 0.3) is 0 Å². The first-order chi connectivity index (χ1) is 10.3. The molecule has 2 aromatic rings. The standard InChI is InChI=1S/C8H8I2O2.C6H4I2O2.CH4/c1-11-7-3-6(10)8(12-2)4-5(7)9;7-3-1-5(9)4(8)2-6(3)10;/h3-4H,1-2H3;1-2,9-10H;1H4. The van der Waals surface area contributed by atoms with Crippen molar-refractivity contribution in [1.29, 1.82) is 0 Å². The average Bonchev–Trinajstić information content (AvgIpc) is 2.48. The number of rotatable bonds is 2. The third kappa shape index (κ3) is 7.13. The topological polar surface area (TPSA) is 58.9 Å². The molecule has 8 heteroatoms. The number of aromatic hydroxyl groups is 2. The highest BCUT2D eigenvalue weighted by Gasteiger charge is 2.06. The van der Waals surface area contributed by atoms with E-state index in [9.17, 15) is 0 Å². The van der Waals surface area contributed by atoms with Gasteiger partial charge in [-0.15, -0.1) is 0 Å². The number of halogens is 4. The monoisotopic (exact) mass is 768 g/mol. The maximum atomic E-state index is 9.10. The summed E-state index contributed by atoms with van der Waals surface area (Å²) in [5.74, 6) is 2.20. The molecule has 0 spiro atoms. The highest BCUT2D eigenvalue weighted by molar-refractivity contribution is 14.1. The predicted molar refractivity (Wildman–Crippen MR) is 127 cm³/mol. The number of phenols is 2. The Kier molecular flexibility index (Phi) is 11.5. The van der Waals surface area contributed by atoms with Gasteiger partial charge in [0.25, 0.3) is 0 Å². The minimum absolute atomic E-state index is 0. The summed E-state index contributed by atoms with van der Waals surface area (Å²) < 4.78 is 13.8. The third-order valence-electron chi connectivity index (χ3n) is 2.44. The second-order valence-corrected chi connectivity index (χ2v) is 8.53. The van der Waals surface area contributed by atoms with Crippen molar-refractivity contribution in [3.05, 3.63) is 38.5 Å². The molecule has 128 valence electrons. The normalized spacial score (nSPS) is 9.30. The molecule has 0 bridgehead atoms. The van der Waals surface area contributed by atoms with E-state index in [0.717, 1.165) is 18.6 Å². The van der Waals surface area contributed by atoms with Crippen molar-refractivity contribution in [2.75, 3.05) is 14.2 Å². The Labute approximate surface area is 190 Å². The van der Waals surface area contributed by atoms with Crippen LogP contribution in [0.1, 0.15) is 7.43 Å². The lowest BCUT2D eigenvalue weighted by Crippen LogP contribution is -1.92. The van der Waals surface area contributed by atoms with Crippen LogP contribution >= 0.6 is 90.4 Å². The van der Waals surface area contributed by atoms with Gasteiger partial charge >= 0.3 is 0 Å². The molecule has 0 atom stereocenters. The zero-order valence-corrected chi connectivity index (χ0v) is 20.2. The van der Waals surface area contributed by atoms with Gasteiger partial charge in [-0.25, -0.2) is 0 Å².